The summed E-state index contributed by atoms with van der Waals surface area (Å²) < 4.78 is 150. The van der Waals surface area contributed by atoms with Gasteiger partial charge in [0.1, 0.15) is 63.2 Å². The van der Waals surface area contributed by atoms with Gasteiger partial charge in [-0.2, -0.15) is 0 Å². The molecule has 76 heavy (non-hydrogen) atoms. The van der Waals surface area contributed by atoms with Gasteiger partial charge in [0.25, 0.3) is 23.6 Å². The van der Waals surface area contributed by atoms with Crippen LogP contribution in [0, 0.1) is 0 Å². The van der Waals surface area contributed by atoms with Crippen LogP contribution in [0.4, 0.5) is 38.9 Å². The highest BCUT2D eigenvalue weighted by Gasteiger charge is 2.25. The lowest BCUT2D eigenvalue weighted by Gasteiger charge is -2.19. The summed E-state index contributed by atoms with van der Waals surface area (Å²) >= 11 is 0. The Labute approximate surface area is 430 Å². The molecule has 0 radical (unpaired) electrons. The highest BCUT2D eigenvalue weighted by molar-refractivity contribution is 7.87. The highest BCUT2D eigenvalue weighted by Crippen LogP contribution is 2.36. The average molecular weight is 1120 g/mol. The molecular weight excluding hydrogens is 1080 g/mol. The first-order chi connectivity index (χ1) is 35.4. The number of carbonyl (C=O) groups excluding carboxylic acids is 5. The van der Waals surface area contributed by atoms with Gasteiger partial charge in [-0.1, -0.05) is 36.4 Å². The van der Waals surface area contributed by atoms with Gasteiger partial charge < -0.3 is 68.4 Å². The predicted molar refractivity (Wildman–Crippen MR) is 266 cm³/mol. The molecular formula is C45H36N10O17S4-4. The molecule has 0 spiro atoms. The second-order valence-electron chi connectivity index (χ2n) is 16.7. The van der Waals surface area contributed by atoms with E-state index in [0.717, 1.165) is 60.7 Å². The van der Waals surface area contributed by atoms with Gasteiger partial charge in [-0.05, 0) is 48.5 Å². The van der Waals surface area contributed by atoms with Gasteiger partial charge in [0.15, 0.2) is 0 Å². The molecule has 0 saturated heterocycles. The molecule has 6 amide bonds. The molecule has 0 bridgehead atoms. The maximum atomic E-state index is 13.4. The third-order valence-corrected chi connectivity index (χ3v) is 15.1. The molecule has 6 N–H and O–H groups in total. The van der Waals surface area contributed by atoms with Gasteiger partial charge in [0.2, 0.25) is 0 Å². The van der Waals surface area contributed by atoms with Crippen LogP contribution >= 0.6 is 0 Å². The topological polar surface area (TPSA) is 406 Å². The van der Waals surface area contributed by atoms with Crippen molar-refractivity contribution in [1.82, 2.24) is 18.3 Å². The van der Waals surface area contributed by atoms with Crippen molar-refractivity contribution < 1.29 is 75.9 Å². The van der Waals surface area contributed by atoms with Crippen molar-refractivity contribution in [1.29, 1.82) is 0 Å². The Kier molecular flexibility index (Phi) is 13.8. The number of nitrogens with one attached hydrogen (secondary N) is 6. The van der Waals surface area contributed by atoms with Crippen LogP contribution in [-0.4, -0.2) is 99.8 Å². The number of hydrogen-bond donors (Lipinski definition) is 6. The van der Waals surface area contributed by atoms with Crippen LogP contribution in [0.5, 0.6) is 0 Å². The van der Waals surface area contributed by atoms with E-state index in [-0.39, 0.29) is 56.3 Å². The predicted octanol–water partition coefficient (Wildman–Crippen LogP) is 3.62. The zero-order valence-corrected chi connectivity index (χ0v) is 42.5. The van der Waals surface area contributed by atoms with E-state index < -0.39 is 112 Å². The molecule has 4 aromatic carbocycles. The second-order valence-corrected chi connectivity index (χ2v) is 22.0. The summed E-state index contributed by atoms with van der Waals surface area (Å²) in [4.78, 5) is 63.2. The minimum atomic E-state index is -5.37. The molecule has 0 unspecified atom stereocenters. The second kappa shape index (κ2) is 19.5. The maximum absolute atomic E-state index is 13.4. The van der Waals surface area contributed by atoms with Crippen LogP contribution in [0.1, 0.15) is 42.0 Å². The quantitative estimate of drug-likeness (QED) is 0.0847. The Balaban J connectivity index is 0.894. The molecule has 0 aliphatic rings. The van der Waals surface area contributed by atoms with Crippen LogP contribution in [0.15, 0.2) is 129 Å². The van der Waals surface area contributed by atoms with Crippen LogP contribution in [0.3, 0.4) is 0 Å². The summed E-state index contributed by atoms with van der Waals surface area (Å²) in [5.74, 6) is -3.30. The number of benzene rings is 4. The van der Waals surface area contributed by atoms with Gasteiger partial charge >= 0.3 is 6.03 Å². The zero-order valence-electron chi connectivity index (χ0n) is 39.3. The van der Waals surface area contributed by atoms with Gasteiger partial charge in [-0.25, -0.2) is 38.5 Å². The third-order valence-electron chi connectivity index (χ3n) is 11.5. The zero-order chi connectivity index (χ0) is 55.6. The van der Waals surface area contributed by atoms with Crippen molar-refractivity contribution in [3.05, 3.63) is 132 Å². The van der Waals surface area contributed by atoms with Crippen LogP contribution in [-0.2, 0) is 68.7 Å². The van der Waals surface area contributed by atoms with Crippen molar-refractivity contribution in [3.63, 3.8) is 0 Å². The van der Waals surface area contributed by atoms with Crippen molar-refractivity contribution in [3.8, 4) is 0 Å². The molecule has 0 aliphatic heterocycles. The van der Waals surface area contributed by atoms with Gasteiger partial charge in [-0.15, -0.1) is 0 Å². The first-order valence-electron chi connectivity index (χ1n) is 21.3. The highest BCUT2D eigenvalue weighted by atomic mass is 32.2. The fraction of sp³-hybridized carbons (Fsp3) is 0.0889. The number of anilines is 6. The number of carbonyl (C=O) groups is 5. The molecule has 396 valence electrons. The first kappa shape index (κ1) is 53.6. The lowest BCUT2D eigenvalue weighted by atomic mass is 10.1. The number of aromatic nitrogens is 4. The lowest BCUT2D eigenvalue weighted by molar-refractivity contribution is 0.101. The first-order valence-corrected chi connectivity index (χ1v) is 27.0. The standard InChI is InChI=1S/C45H40N10O17S4/c1-52-19-23(15-35(52)43(58)50-31-13-11-27-29(39(31)75(67,68)69)7-5-9-37(27)73(61,62)63)46-41(56)33-17-25(21-54(33)3)48-45(60)49-26-18-34(55(4)22-26)42(57)47-24-16-36(53(2)20-24)44(59)51-32-14-12-28-30(40(32)76(70,71)72)8-6-10-38(28)74(64,65)66/h5-22H,1-4H3,(H,46,56)(H,47,57)(H,50,58)(H,51,59)(H2,48,49,60)(H,61,62,63)(H,64,65,66)(H,67,68,69)(H,70,71,72)/p-4. The van der Waals surface area contributed by atoms with Crippen LogP contribution < -0.4 is 31.9 Å². The number of aryl methyl sites for hydroxylation is 4. The van der Waals surface area contributed by atoms with Crippen molar-refractivity contribution in [2.45, 2.75) is 19.6 Å². The Morgan fingerprint density at radius 1 is 0.368 bits per heavy atom. The molecule has 27 nitrogen and oxygen atoms in total. The SMILES string of the molecule is Cn1cc(NC(=O)Nc2cc(C(=O)Nc3cc(C(=O)Nc4ccc5c(S(=O)(=O)[O-])cccc5c4S(=O)(=O)[O-])n(C)c3)n(C)c2)cc1C(=O)Nc1cc(C(=O)Nc2ccc3c(S(=O)(=O)[O-])cccc3c2S(=O)(=O)[O-])n(C)c1. The van der Waals surface area contributed by atoms with Crippen molar-refractivity contribution >= 4 is 126 Å². The van der Waals surface area contributed by atoms with Crippen LogP contribution in [0.25, 0.3) is 21.5 Å². The van der Waals surface area contributed by atoms with E-state index in [9.17, 15) is 75.9 Å². The number of rotatable bonds is 14. The molecule has 0 aliphatic carbocycles. The summed E-state index contributed by atoms with van der Waals surface area (Å²) in [6.07, 6.45) is 5.50. The van der Waals surface area contributed by atoms with E-state index in [1.165, 1.54) is 95.5 Å². The Morgan fingerprint density at radius 2 is 0.658 bits per heavy atom. The van der Waals surface area contributed by atoms with E-state index >= 15 is 0 Å². The summed E-state index contributed by atoms with van der Waals surface area (Å²) in [5.41, 5.74) is -0.788. The van der Waals surface area contributed by atoms with Gasteiger partial charge in [0, 0.05) is 74.5 Å². The molecule has 0 atom stereocenters. The van der Waals surface area contributed by atoms with Gasteiger partial charge in [0.05, 0.1) is 53.7 Å². The van der Waals surface area contributed by atoms with Gasteiger partial charge in [-0.3, -0.25) is 19.2 Å². The number of amides is 6. The molecule has 0 fully saturated rings. The fourth-order valence-electron chi connectivity index (χ4n) is 8.27. The average Bonchev–Trinajstić information content (AvgIpc) is 4.08. The van der Waals surface area contributed by atoms with E-state index in [1.807, 2.05) is 0 Å². The molecule has 4 heterocycles. The molecule has 4 aromatic heterocycles. The van der Waals surface area contributed by atoms with E-state index in [4.69, 9.17) is 0 Å². The lowest BCUT2D eigenvalue weighted by Crippen LogP contribution is -2.18. The summed E-state index contributed by atoms with van der Waals surface area (Å²) in [7, 11) is -15.1. The summed E-state index contributed by atoms with van der Waals surface area (Å²) in [5, 5.41) is 13.4. The summed E-state index contributed by atoms with van der Waals surface area (Å²) in [6, 6.07) is 14.6. The van der Waals surface area contributed by atoms with E-state index in [2.05, 4.69) is 31.9 Å². The Bertz CT molecular complexity index is 4020. The smallest absolute Gasteiger partial charge is 0.323 e. The number of fused-ring (bicyclic) bond motifs is 2. The molecule has 31 heteroatoms. The van der Waals surface area contributed by atoms with Crippen molar-refractivity contribution in [2.75, 3.05) is 31.9 Å². The minimum absolute atomic E-state index is 0.0231. The third kappa shape index (κ3) is 10.9. The normalized spacial score (nSPS) is 12.1. The Morgan fingerprint density at radius 3 is 0.947 bits per heavy atom. The van der Waals surface area contributed by atoms with E-state index in [1.54, 1.807) is 0 Å². The molecule has 8 aromatic rings. The van der Waals surface area contributed by atoms with Crippen molar-refractivity contribution in [2.24, 2.45) is 28.2 Å². The number of nitrogens with zero attached hydrogens (tertiary/aromatic N) is 4. The minimum Gasteiger partial charge on any atom is -0.744 e. The number of urea groups is 1. The van der Waals surface area contributed by atoms with E-state index in [0.29, 0.717) is 0 Å². The number of hydrogen-bond acceptors (Lipinski definition) is 17. The Hall–Kier alpha value is -8.69. The largest absolute Gasteiger partial charge is 0.744 e. The summed E-state index contributed by atoms with van der Waals surface area (Å²) in [6.45, 7) is 0. The molecule has 0 saturated carbocycles. The molecule has 8 rings (SSSR count). The monoisotopic (exact) mass is 1120 g/mol. The van der Waals surface area contributed by atoms with Crippen LogP contribution in [0.2, 0.25) is 0 Å². The fourth-order valence-corrected chi connectivity index (χ4v) is 11.3. The maximum Gasteiger partial charge on any atom is 0.323 e.